The Balaban J connectivity index is 2.31. The third kappa shape index (κ3) is 3.15. The maximum atomic E-state index is 11.2. The number of amides is 1. The minimum absolute atomic E-state index is 0.0805. The molecule has 1 unspecified atom stereocenters. The first-order valence-corrected chi connectivity index (χ1v) is 6.21. The van der Waals surface area contributed by atoms with Crippen molar-refractivity contribution in [1.82, 2.24) is 20.3 Å². The first kappa shape index (κ1) is 12.7. The van der Waals surface area contributed by atoms with Crippen molar-refractivity contribution in [3.05, 3.63) is 34.5 Å². The Hall–Kier alpha value is -1.71. The summed E-state index contributed by atoms with van der Waals surface area (Å²) in [5, 5.41) is 2.76. The van der Waals surface area contributed by atoms with Gasteiger partial charge in [-0.1, -0.05) is 18.2 Å². The van der Waals surface area contributed by atoms with Crippen LogP contribution >= 0.6 is 22.6 Å². The van der Waals surface area contributed by atoms with Crippen LogP contribution in [0.25, 0.3) is 5.57 Å². The van der Waals surface area contributed by atoms with E-state index in [2.05, 4.69) is 20.3 Å². The number of hydrogen-bond acceptors (Lipinski definition) is 5. The van der Waals surface area contributed by atoms with Crippen molar-refractivity contribution in [1.29, 1.82) is 0 Å². The van der Waals surface area contributed by atoms with Crippen molar-refractivity contribution in [2.75, 3.05) is 5.73 Å². The second-order valence-corrected chi connectivity index (χ2v) is 4.62. The highest BCUT2D eigenvalue weighted by Gasteiger charge is 2.13. The van der Waals surface area contributed by atoms with Crippen molar-refractivity contribution in [2.45, 2.75) is 12.5 Å². The number of H-pyrrole nitrogens is 1. The Morgan fingerprint density at radius 2 is 2.33 bits per heavy atom. The minimum atomic E-state index is -0.549. The van der Waals surface area contributed by atoms with Crippen molar-refractivity contribution < 1.29 is 4.79 Å². The zero-order chi connectivity index (χ0) is 13.1. The average Bonchev–Trinajstić information content (AvgIpc) is 2.27. The van der Waals surface area contributed by atoms with E-state index in [4.69, 9.17) is 5.73 Å². The van der Waals surface area contributed by atoms with Gasteiger partial charge < -0.3 is 11.1 Å². The van der Waals surface area contributed by atoms with E-state index in [0.29, 0.717) is 17.8 Å². The summed E-state index contributed by atoms with van der Waals surface area (Å²) >= 11 is 1.67. The summed E-state index contributed by atoms with van der Waals surface area (Å²) in [6, 6.07) is -0.117. The van der Waals surface area contributed by atoms with Gasteiger partial charge in [-0.15, -0.1) is 0 Å². The molecule has 4 N–H and O–H groups in total. The predicted molar refractivity (Wildman–Crippen MR) is 75.1 cm³/mol. The molecule has 0 bridgehead atoms. The third-order valence-electron chi connectivity index (χ3n) is 2.31. The van der Waals surface area contributed by atoms with Gasteiger partial charge in [0, 0.05) is 28.2 Å². The first-order chi connectivity index (χ1) is 8.54. The Morgan fingerprint density at radius 1 is 1.56 bits per heavy atom. The van der Waals surface area contributed by atoms with Crippen LogP contribution in [0.2, 0.25) is 0 Å². The van der Waals surface area contributed by atoms with E-state index >= 15 is 0 Å². The standard InChI is InChI=1S/C10H10IN5O2/c11-8(17)13-6-3-1-2-5(4-6)7-14-9(12)16-10(18)15-7/h1-2,4,6H,3H2,(H,13,17)(H3,12,14,15,16,18). The molecule has 0 saturated carbocycles. The van der Waals surface area contributed by atoms with E-state index in [1.54, 1.807) is 22.6 Å². The lowest BCUT2D eigenvalue weighted by atomic mass is 10.0. The molecule has 1 atom stereocenters. The van der Waals surface area contributed by atoms with Crippen LogP contribution in [0, 0.1) is 0 Å². The fourth-order valence-electron chi connectivity index (χ4n) is 1.62. The van der Waals surface area contributed by atoms with Gasteiger partial charge in [-0.2, -0.15) is 9.97 Å². The van der Waals surface area contributed by atoms with Gasteiger partial charge in [-0.3, -0.25) is 9.78 Å². The number of hydrogen-bond donors (Lipinski definition) is 3. The molecule has 1 heterocycles. The SMILES string of the molecule is Nc1nc(C2=CC(NC(=O)I)CC=C2)[nH]c(=O)n1. The topological polar surface area (TPSA) is 114 Å². The molecule has 0 saturated heterocycles. The number of carbonyl (C=O) groups excluding carboxylic acids is 1. The number of anilines is 1. The largest absolute Gasteiger partial charge is 0.368 e. The molecule has 1 aliphatic carbocycles. The van der Waals surface area contributed by atoms with Gasteiger partial charge in [0.05, 0.1) is 6.04 Å². The van der Waals surface area contributed by atoms with Crippen molar-refractivity contribution in [2.24, 2.45) is 0 Å². The third-order valence-corrected chi connectivity index (χ3v) is 2.62. The molecule has 7 nitrogen and oxygen atoms in total. The number of rotatable bonds is 2. The molecule has 8 heteroatoms. The molecular formula is C10H10IN5O2. The lowest BCUT2D eigenvalue weighted by molar-refractivity contribution is 0.261. The van der Waals surface area contributed by atoms with Crippen LogP contribution in [0.3, 0.4) is 0 Å². The van der Waals surface area contributed by atoms with Gasteiger partial charge in [-0.05, 0) is 6.42 Å². The van der Waals surface area contributed by atoms with E-state index in [1.165, 1.54) is 0 Å². The summed E-state index contributed by atoms with van der Waals surface area (Å²) in [5.74, 6) is 0.263. The predicted octanol–water partition coefficient (Wildman–Crippen LogP) is 0.604. The molecule has 1 aromatic heterocycles. The molecule has 0 radical (unpaired) electrons. The molecule has 1 aliphatic rings. The number of nitrogens with two attached hydrogens (primary N) is 1. The maximum absolute atomic E-state index is 11.2. The van der Waals surface area contributed by atoms with Crippen molar-refractivity contribution >= 4 is 38.0 Å². The van der Waals surface area contributed by atoms with E-state index < -0.39 is 5.69 Å². The monoisotopic (exact) mass is 359 g/mol. The molecule has 0 fully saturated rings. The van der Waals surface area contributed by atoms with E-state index in [1.807, 2.05) is 18.2 Å². The Kier molecular flexibility index (Phi) is 3.75. The van der Waals surface area contributed by atoms with Gasteiger partial charge in [0.15, 0.2) is 0 Å². The van der Waals surface area contributed by atoms with Gasteiger partial charge in [0.1, 0.15) is 5.82 Å². The molecule has 0 spiro atoms. The second-order valence-electron chi connectivity index (χ2n) is 3.65. The van der Waals surface area contributed by atoms with Crippen LogP contribution in [0.5, 0.6) is 0 Å². The van der Waals surface area contributed by atoms with Crippen LogP contribution < -0.4 is 16.7 Å². The number of halogens is 1. The molecule has 0 aliphatic heterocycles. The normalized spacial score (nSPS) is 18.3. The number of allylic oxidation sites excluding steroid dienone is 2. The van der Waals surface area contributed by atoms with Gasteiger partial charge in [0.2, 0.25) is 5.95 Å². The fraction of sp³-hybridized carbons (Fsp3) is 0.200. The highest BCUT2D eigenvalue weighted by Crippen LogP contribution is 2.18. The number of aromatic nitrogens is 3. The average molecular weight is 359 g/mol. The summed E-state index contributed by atoms with van der Waals surface area (Å²) in [6.45, 7) is 0. The molecule has 18 heavy (non-hydrogen) atoms. The summed E-state index contributed by atoms with van der Waals surface area (Å²) < 4.78 is -0.140. The van der Waals surface area contributed by atoms with E-state index in [-0.39, 0.29) is 15.9 Å². The smallest absolute Gasteiger partial charge is 0.349 e. The minimum Gasteiger partial charge on any atom is -0.368 e. The number of nitrogens with zero attached hydrogens (tertiary/aromatic N) is 2. The first-order valence-electron chi connectivity index (χ1n) is 5.13. The number of nitrogens with one attached hydrogen (secondary N) is 2. The molecule has 1 aromatic rings. The maximum Gasteiger partial charge on any atom is 0.349 e. The van der Waals surface area contributed by atoms with Crippen LogP contribution in [0.4, 0.5) is 10.7 Å². The zero-order valence-electron chi connectivity index (χ0n) is 9.18. The molecule has 0 aromatic carbocycles. The van der Waals surface area contributed by atoms with E-state index in [9.17, 15) is 9.59 Å². The van der Waals surface area contributed by atoms with Crippen LogP contribution in [-0.4, -0.2) is 24.9 Å². The van der Waals surface area contributed by atoms with E-state index in [0.717, 1.165) is 0 Å². The van der Waals surface area contributed by atoms with Crippen LogP contribution in [0.1, 0.15) is 12.2 Å². The summed E-state index contributed by atoms with van der Waals surface area (Å²) in [4.78, 5) is 32.1. The molecule has 1 amide bonds. The molecule has 94 valence electrons. The summed E-state index contributed by atoms with van der Waals surface area (Å²) in [6.07, 6.45) is 6.22. The highest BCUT2D eigenvalue weighted by atomic mass is 127. The van der Waals surface area contributed by atoms with Crippen LogP contribution in [0.15, 0.2) is 23.0 Å². The number of aromatic amines is 1. The van der Waals surface area contributed by atoms with Crippen molar-refractivity contribution in [3.8, 4) is 0 Å². The Labute approximate surface area is 116 Å². The summed E-state index contributed by atoms with van der Waals surface area (Å²) in [7, 11) is 0. The lowest BCUT2D eigenvalue weighted by Crippen LogP contribution is -2.30. The second kappa shape index (κ2) is 5.29. The fourth-order valence-corrected chi connectivity index (χ4v) is 2.02. The van der Waals surface area contributed by atoms with Gasteiger partial charge in [0.25, 0.3) is 3.91 Å². The lowest BCUT2D eigenvalue weighted by Gasteiger charge is -2.16. The Morgan fingerprint density at radius 3 is 3.00 bits per heavy atom. The highest BCUT2D eigenvalue weighted by molar-refractivity contribution is 14.1. The zero-order valence-corrected chi connectivity index (χ0v) is 11.3. The number of nitrogen functional groups attached to an aromatic ring is 1. The molecular weight excluding hydrogens is 349 g/mol. The number of carbonyl (C=O) groups is 1. The quantitative estimate of drug-likeness (QED) is 0.407. The van der Waals surface area contributed by atoms with Gasteiger partial charge in [-0.25, -0.2) is 4.79 Å². The van der Waals surface area contributed by atoms with Crippen LogP contribution in [-0.2, 0) is 0 Å². The Bertz CT molecular complexity index is 592. The molecule has 2 rings (SSSR count). The van der Waals surface area contributed by atoms with Gasteiger partial charge >= 0.3 is 5.69 Å². The summed E-state index contributed by atoms with van der Waals surface area (Å²) in [5.41, 5.74) is 5.56. The van der Waals surface area contributed by atoms with Crippen molar-refractivity contribution in [3.63, 3.8) is 0 Å².